The highest BCUT2D eigenvalue weighted by molar-refractivity contribution is 9.10. The van der Waals surface area contributed by atoms with E-state index in [0.717, 1.165) is 16.7 Å². The van der Waals surface area contributed by atoms with Gasteiger partial charge in [-0.05, 0) is 18.2 Å². The molecule has 3 nitrogen and oxygen atoms in total. The van der Waals surface area contributed by atoms with E-state index in [1.54, 1.807) is 0 Å². The van der Waals surface area contributed by atoms with Crippen LogP contribution in [0.5, 0.6) is 0 Å². The molecule has 3 rings (SSSR count). The summed E-state index contributed by atoms with van der Waals surface area (Å²) in [6.07, 6.45) is 1.82. The van der Waals surface area contributed by atoms with Crippen molar-refractivity contribution in [1.29, 1.82) is 0 Å². The van der Waals surface area contributed by atoms with Crippen LogP contribution in [-0.4, -0.2) is 13.2 Å². The maximum Gasteiger partial charge on any atom is 0.245 e. The molecule has 0 N–H and O–H groups in total. The third-order valence-corrected chi connectivity index (χ3v) is 3.63. The van der Waals surface area contributed by atoms with Crippen molar-refractivity contribution in [3.05, 3.63) is 64.4 Å². The van der Waals surface area contributed by atoms with E-state index in [-0.39, 0.29) is 6.29 Å². The lowest BCUT2D eigenvalue weighted by molar-refractivity contribution is -0.701. The van der Waals surface area contributed by atoms with Gasteiger partial charge in [0, 0.05) is 22.2 Å². The molecule has 0 unspecified atom stereocenters. The fourth-order valence-corrected chi connectivity index (χ4v) is 2.43. The molecule has 98 valence electrons. The fourth-order valence-electron chi connectivity index (χ4n) is 2.16. The van der Waals surface area contributed by atoms with Gasteiger partial charge in [-0.15, -0.1) is 0 Å². The Morgan fingerprint density at radius 2 is 1.79 bits per heavy atom. The minimum Gasteiger partial charge on any atom is -0.341 e. The zero-order valence-electron chi connectivity index (χ0n) is 10.5. The fraction of sp³-hybridized carbons (Fsp3) is 0.267. The number of rotatable bonds is 3. The molecule has 1 aromatic carbocycles. The molecule has 0 radical (unpaired) electrons. The maximum absolute atomic E-state index is 5.59. The maximum atomic E-state index is 5.59. The van der Waals surface area contributed by atoms with Gasteiger partial charge >= 0.3 is 0 Å². The summed E-state index contributed by atoms with van der Waals surface area (Å²) >= 11 is 3.45. The molecule has 0 spiro atoms. The lowest BCUT2D eigenvalue weighted by atomic mass is 10.2. The van der Waals surface area contributed by atoms with Gasteiger partial charge in [-0.1, -0.05) is 28.1 Å². The smallest absolute Gasteiger partial charge is 0.245 e. The highest BCUT2D eigenvalue weighted by Gasteiger charge is 2.26. The Morgan fingerprint density at radius 3 is 2.53 bits per heavy atom. The van der Waals surface area contributed by atoms with Crippen molar-refractivity contribution < 1.29 is 14.0 Å². The number of aromatic nitrogens is 1. The molecule has 0 saturated carbocycles. The zero-order chi connectivity index (χ0) is 13.1. The molecule has 0 atom stereocenters. The summed E-state index contributed by atoms with van der Waals surface area (Å²) in [6, 6.07) is 14.4. The average molecular weight is 321 g/mol. The molecular weight excluding hydrogens is 306 g/mol. The van der Waals surface area contributed by atoms with Crippen molar-refractivity contribution in [1.82, 2.24) is 0 Å². The summed E-state index contributed by atoms with van der Waals surface area (Å²) in [5.74, 6) is 0. The van der Waals surface area contributed by atoms with Crippen molar-refractivity contribution >= 4 is 15.9 Å². The topological polar surface area (TPSA) is 22.3 Å². The third kappa shape index (κ3) is 3.03. The second-order valence-electron chi connectivity index (χ2n) is 4.45. The number of hydrogen-bond acceptors (Lipinski definition) is 2. The molecule has 0 aliphatic carbocycles. The summed E-state index contributed by atoms with van der Waals surface area (Å²) in [6.45, 7) is 2.14. The van der Waals surface area contributed by atoms with E-state index in [2.05, 4.69) is 57.0 Å². The predicted molar refractivity (Wildman–Crippen MR) is 74.5 cm³/mol. The van der Waals surface area contributed by atoms with Crippen LogP contribution in [0.3, 0.4) is 0 Å². The number of benzene rings is 1. The average Bonchev–Trinajstić information content (AvgIpc) is 2.96. The highest BCUT2D eigenvalue weighted by atomic mass is 79.9. The van der Waals surface area contributed by atoms with Crippen LogP contribution in [0.1, 0.15) is 17.5 Å². The van der Waals surface area contributed by atoms with E-state index >= 15 is 0 Å². The molecule has 2 heterocycles. The molecule has 19 heavy (non-hydrogen) atoms. The SMILES string of the molecule is Brc1ccc(C[n+]2ccccc2C2OCCO2)cc1. The van der Waals surface area contributed by atoms with Gasteiger partial charge < -0.3 is 9.47 Å². The van der Waals surface area contributed by atoms with Gasteiger partial charge in [0.15, 0.2) is 12.7 Å². The lowest BCUT2D eigenvalue weighted by Gasteiger charge is -2.09. The molecule has 1 saturated heterocycles. The molecule has 1 fully saturated rings. The number of ether oxygens (including phenoxy) is 2. The standard InChI is InChI=1S/C15H15BrNO2/c16-13-6-4-12(5-7-13)11-17-8-2-1-3-14(17)15-18-9-10-19-15/h1-8,15H,9-11H2/q+1. The molecule has 1 aliphatic rings. The second kappa shape index (κ2) is 5.82. The number of pyridine rings is 1. The van der Waals surface area contributed by atoms with Crippen LogP contribution in [0.4, 0.5) is 0 Å². The van der Waals surface area contributed by atoms with Crippen molar-refractivity contribution in [2.45, 2.75) is 12.8 Å². The first-order chi connectivity index (χ1) is 9.33. The third-order valence-electron chi connectivity index (χ3n) is 3.11. The molecular formula is C15H15BrNO2+. The van der Waals surface area contributed by atoms with E-state index < -0.39 is 0 Å². The summed E-state index contributed by atoms with van der Waals surface area (Å²) < 4.78 is 14.4. The lowest BCUT2D eigenvalue weighted by Crippen LogP contribution is -2.39. The largest absolute Gasteiger partial charge is 0.341 e. The number of halogens is 1. The Labute approximate surface area is 120 Å². The first-order valence-electron chi connectivity index (χ1n) is 6.29. The summed E-state index contributed by atoms with van der Waals surface area (Å²) in [5.41, 5.74) is 2.31. The monoisotopic (exact) mass is 320 g/mol. The summed E-state index contributed by atoms with van der Waals surface area (Å²) in [5, 5.41) is 0. The normalized spacial score (nSPS) is 15.8. The summed E-state index contributed by atoms with van der Waals surface area (Å²) in [7, 11) is 0. The Hall–Kier alpha value is -1.23. The van der Waals surface area contributed by atoms with Crippen molar-refractivity contribution in [3.63, 3.8) is 0 Å². The summed E-state index contributed by atoms with van der Waals surface area (Å²) in [4.78, 5) is 0. The van der Waals surface area contributed by atoms with E-state index in [9.17, 15) is 0 Å². The second-order valence-corrected chi connectivity index (χ2v) is 5.37. The van der Waals surface area contributed by atoms with Crippen LogP contribution in [0.15, 0.2) is 53.1 Å². The van der Waals surface area contributed by atoms with Gasteiger partial charge in [0.25, 0.3) is 0 Å². The molecule has 1 aromatic heterocycles. The Bertz CT molecular complexity index is 550. The minimum atomic E-state index is -0.239. The Balaban J connectivity index is 1.85. The molecule has 0 bridgehead atoms. The van der Waals surface area contributed by atoms with Crippen LogP contribution in [0.25, 0.3) is 0 Å². The van der Waals surface area contributed by atoms with Crippen LogP contribution in [0, 0.1) is 0 Å². The van der Waals surface area contributed by atoms with E-state index in [1.807, 2.05) is 12.1 Å². The van der Waals surface area contributed by atoms with Crippen molar-refractivity contribution in [2.24, 2.45) is 0 Å². The van der Waals surface area contributed by atoms with E-state index in [0.29, 0.717) is 13.2 Å². The molecule has 4 heteroatoms. The van der Waals surface area contributed by atoms with Crippen molar-refractivity contribution in [2.75, 3.05) is 13.2 Å². The predicted octanol–water partition coefficient (Wildman–Crippen LogP) is 2.83. The van der Waals surface area contributed by atoms with Crippen molar-refractivity contribution in [3.8, 4) is 0 Å². The Kier molecular flexibility index (Phi) is 3.92. The number of nitrogens with zero attached hydrogens (tertiary/aromatic N) is 1. The van der Waals surface area contributed by atoms with Gasteiger partial charge in [0.2, 0.25) is 12.0 Å². The first-order valence-corrected chi connectivity index (χ1v) is 7.08. The molecule has 1 aliphatic heterocycles. The Morgan fingerprint density at radius 1 is 1.05 bits per heavy atom. The quantitative estimate of drug-likeness (QED) is 0.811. The molecule has 0 amide bonds. The van der Waals surface area contributed by atoms with Gasteiger partial charge in [-0.2, -0.15) is 4.57 Å². The molecule has 2 aromatic rings. The van der Waals surface area contributed by atoms with Crippen LogP contribution < -0.4 is 4.57 Å². The van der Waals surface area contributed by atoms with Crippen LogP contribution in [-0.2, 0) is 16.0 Å². The first kappa shape index (κ1) is 12.8. The highest BCUT2D eigenvalue weighted by Crippen LogP contribution is 2.20. The van der Waals surface area contributed by atoms with Gasteiger partial charge in [0.1, 0.15) is 0 Å². The van der Waals surface area contributed by atoms with Gasteiger partial charge in [-0.25, -0.2) is 0 Å². The number of hydrogen-bond donors (Lipinski definition) is 0. The zero-order valence-corrected chi connectivity index (χ0v) is 12.0. The van der Waals surface area contributed by atoms with Crippen LogP contribution >= 0.6 is 15.9 Å². The van der Waals surface area contributed by atoms with E-state index in [4.69, 9.17) is 9.47 Å². The van der Waals surface area contributed by atoms with E-state index in [1.165, 1.54) is 5.56 Å². The van der Waals surface area contributed by atoms with Gasteiger partial charge in [-0.3, -0.25) is 0 Å². The van der Waals surface area contributed by atoms with Crippen LogP contribution in [0.2, 0.25) is 0 Å². The minimum absolute atomic E-state index is 0.239. The van der Waals surface area contributed by atoms with Gasteiger partial charge in [0.05, 0.1) is 13.2 Å².